The average Bonchev–Trinajstić information content (AvgIpc) is 2.41. The molecule has 4 heteroatoms. The maximum atomic E-state index is 7.66. The highest BCUT2D eigenvalue weighted by atomic mass is 14.9. The van der Waals surface area contributed by atoms with E-state index >= 15 is 0 Å². The Morgan fingerprint density at radius 1 is 1.26 bits per heavy atom. The van der Waals surface area contributed by atoms with E-state index in [4.69, 9.17) is 11.1 Å². The zero-order chi connectivity index (χ0) is 13.8. The van der Waals surface area contributed by atoms with Crippen LogP contribution in [-0.2, 0) is 6.42 Å². The zero-order valence-corrected chi connectivity index (χ0v) is 11.2. The Kier molecular flexibility index (Phi) is 3.80. The van der Waals surface area contributed by atoms with Crippen LogP contribution in [0.2, 0.25) is 0 Å². The van der Waals surface area contributed by atoms with E-state index in [0.29, 0.717) is 17.1 Å². The number of nitrogens with zero attached hydrogens (tertiary/aromatic N) is 1. The van der Waals surface area contributed by atoms with Gasteiger partial charge in [0.2, 0.25) is 0 Å². The number of anilines is 3. The number of pyridine rings is 1. The number of benzene rings is 1. The van der Waals surface area contributed by atoms with Crippen molar-refractivity contribution in [3.05, 3.63) is 47.7 Å². The second-order valence-electron chi connectivity index (χ2n) is 4.46. The summed E-state index contributed by atoms with van der Waals surface area (Å²) in [6.45, 7) is 3.83. The van der Waals surface area contributed by atoms with Crippen molar-refractivity contribution in [3.8, 4) is 0 Å². The molecule has 98 valence electrons. The van der Waals surface area contributed by atoms with E-state index in [1.807, 2.05) is 18.2 Å². The Labute approximate surface area is 113 Å². The molecular formula is C15H18N4. The SMILES string of the molecule is CCc1ccc(Nc2cnc(N)c(C(C)=N)c2)cc1. The van der Waals surface area contributed by atoms with Crippen LogP contribution in [0.15, 0.2) is 36.5 Å². The van der Waals surface area contributed by atoms with Gasteiger partial charge < -0.3 is 16.5 Å². The summed E-state index contributed by atoms with van der Waals surface area (Å²) in [6, 6.07) is 10.1. The van der Waals surface area contributed by atoms with E-state index in [9.17, 15) is 0 Å². The molecule has 1 aromatic carbocycles. The lowest BCUT2D eigenvalue weighted by atomic mass is 10.1. The van der Waals surface area contributed by atoms with Crippen molar-refractivity contribution >= 4 is 22.9 Å². The van der Waals surface area contributed by atoms with Crippen LogP contribution in [0.4, 0.5) is 17.2 Å². The van der Waals surface area contributed by atoms with Gasteiger partial charge >= 0.3 is 0 Å². The third-order valence-corrected chi connectivity index (χ3v) is 2.97. The van der Waals surface area contributed by atoms with Crippen molar-refractivity contribution in [3.63, 3.8) is 0 Å². The van der Waals surface area contributed by atoms with Crippen molar-refractivity contribution in [2.24, 2.45) is 0 Å². The molecule has 0 radical (unpaired) electrons. The summed E-state index contributed by atoms with van der Waals surface area (Å²) in [5, 5.41) is 10.9. The third kappa shape index (κ3) is 3.10. The van der Waals surface area contributed by atoms with Gasteiger partial charge in [-0.25, -0.2) is 4.98 Å². The van der Waals surface area contributed by atoms with Crippen LogP contribution in [0.3, 0.4) is 0 Å². The van der Waals surface area contributed by atoms with Crippen molar-refractivity contribution in [1.29, 1.82) is 5.41 Å². The first-order valence-corrected chi connectivity index (χ1v) is 6.27. The van der Waals surface area contributed by atoms with Gasteiger partial charge in [0.1, 0.15) is 5.82 Å². The molecule has 0 unspecified atom stereocenters. The molecule has 4 nitrogen and oxygen atoms in total. The van der Waals surface area contributed by atoms with Gasteiger partial charge in [0.15, 0.2) is 0 Å². The smallest absolute Gasteiger partial charge is 0.132 e. The quantitative estimate of drug-likeness (QED) is 0.732. The average molecular weight is 254 g/mol. The molecule has 0 bridgehead atoms. The summed E-state index contributed by atoms with van der Waals surface area (Å²) >= 11 is 0. The summed E-state index contributed by atoms with van der Waals surface area (Å²) in [4.78, 5) is 4.10. The van der Waals surface area contributed by atoms with Gasteiger partial charge in [-0.1, -0.05) is 19.1 Å². The minimum absolute atomic E-state index is 0.388. The maximum Gasteiger partial charge on any atom is 0.132 e. The number of rotatable bonds is 4. The zero-order valence-electron chi connectivity index (χ0n) is 11.2. The van der Waals surface area contributed by atoms with Crippen molar-refractivity contribution in [1.82, 2.24) is 4.98 Å². The van der Waals surface area contributed by atoms with Crippen molar-refractivity contribution in [2.75, 3.05) is 11.1 Å². The normalized spacial score (nSPS) is 10.2. The molecule has 0 saturated carbocycles. The van der Waals surface area contributed by atoms with Gasteiger partial charge in [0.25, 0.3) is 0 Å². The van der Waals surface area contributed by atoms with E-state index in [1.165, 1.54) is 5.56 Å². The predicted molar refractivity (Wildman–Crippen MR) is 80.3 cm³/mol. The first-order chi connectivity index (χ1) is 9.10. The summed E-state index contributed by atoms with van der Waals surface area (Å²) in [7, 11) is 0. The molecule has 0 aliphatic heterocycles. The fourth-order valence-corrected chi connectivity index (χ4v) is 1.83. The fraction of sp³-hybridized carbons (Fsp3) is 0.200. The van der Waals surface area contributed by atoms with Crippen LogP contribution in [0.1, 0.15) is 25.0 Å². The van der Waals surface area contributed by atoms with Gasteiger partial charge in [-0.2, -0.15) is 0 Å². The van der Waals surface area contributed by atoms with Gasteiger partial charge in [-0.05, 0) is 37.1 Å². The van der Waals surface area contributed by atoms with Crippen molar-refractivity contribution < 1.29 is 0 Å². The lowest BCUT2D eigenvalue weighted by Crippen LogP contribution is -2.03. The predicted octanol–water partition coefficient (Wildman–Crippen LogP) is 3.36. The molecule has 0 amide bonds. The maximum absolute atomic E-state index is 7.66. The molecule has 0 aliphatic rings. The third-order valence-electron chi connectivity index (χ3n) is 2.97. The molecule has 0 fully saturated rings. The van der Waals surface area contributed by atoms with Gasteiger partial charge in [0, 0.05) is 17.0 Å². The van der Waals surface area contributed by atoms with Crippen LogP contribution in [0.5, 0.6) is 0 Å². The Balaban J connectivity index is 2.22. The monoisotopic (exact) mass is 254 g/mol. The van der Waals surface area contributed by atoms with E-state index in [0.717, 1.165) is 17.8 Å². The minimum Gasteiger partial charge on any atom is -0.383 e. The molecular weight excluding hydrogens is 236 g/mol. The van der Waals surface area contributed by atoms with Crippen LogP contribution in [-0.4, -0.2) is 10.7 Å². The Morgan fingerprint density at radius 3 is 2.53 bits per heavy atom. The largest absolute Gasteiger partial charge is 0.383 e. The Hall–Kier alpha value is -2.36. The molecule has 0 atom stereocenters. The molecule has 4 N–H and O–H groups in total. The topological polar surface area (TPSA) is 74.8 Å². The number of hydrogen-bond donors (Lipinski definition) is 3. The van der Waals surface area contributed by atoms with E-state index in [-0.39, 0.29) is 0 Å². The molecule has 2 aromatic rings. The highest BCUT2D eigenvalue weighted by Gasteiger charge is 2.05. The lowest BCUT2D eigenvalue weighted by Gasteiger charge is -2.09. The molecule has 19 heavy (non-hydrogen) atoms. The molecule has 0 spiro atoms. The number of aryl methyl sites for hydroxylation is 1. The number of aromatic nitrogens is 1. The highest BCUT2D eigenvalue weighted by Crippen LogP contribution is 2.20. The van der Waals surface area contributed by atoms with Gasteiger partial charge in [-0.15, -0.1) is 0 Å². The van der Waals surface area contributed by atoms with Gasteiger partial charge in [0.05, 0.1) is 11.9 Å². The molecule has 1 heterocycles. The van der Waals surface area contributed by atoms with E-state index < -0.39 is 0 Å². The van der Waals surface area contributed by atoms with Crippen LogP contribution in [0, 0.1) is 5.41 Å². The Morgan fingerprint density at radius 2 is 1.95 bits per heavy atom. The van der Waals surface area contributed by atoms with Crippen LogP contribution < -0.4 is 11.1 Å². The van der Waals surface area contributed by atoms with Crippen LogP contribution >= 0.6 is 0 Å². The molecule has 0 aliphatic carbocycles. The molecule has 2 rings (SSSR count). The first kappa shape index (κ1) is 13.1. The number of nitrogen functional groups attached to an aromatic ring is 1. The second kappa shape index (κ2) is 5.52. The second-order valence-corrected chi connectivity index (χ2v) is 4.46. The lowest BCUT2D eigenvalue weighted by molar-refractivity contribution is 1.14. The summed E-state index contributed by atoms with van der Waals surface area (Å²) < 4.78 is 0. The van der Waals surface area contributed by atoms with Crippen molar-refractivity contribution in [2.45, 2.75) is 20.3 Å². The van der Waals surface area contributed by atoms with E-state index in [1.54, 1.807) is 13.1 Å². The minimum atomic E-state index is 0.388. The van der Waals surface area contributed by atoms with Gasteiger partial charge in [-0.3, -0.25) is 0 Å². The standard InChI is InChI=1S/C15H18N4/c1-3-11-4-6-12(7-5-11)19-13-8-14(10(2)16)15(17)18-9-13/h4-9,16,19H,3H2,1-2H3,(H2,17,18). The van der Waals surface area contributed by atoms with Crippen LogP contribution in [0.25, 0.3) is 0 Å². The molecule has 0 saturated heterocycles. The summed E-state index contributed by atoms with van der Waals surface area (Å²) in [5.41, 5.74) is 9.95. The number of nitrogens with two attached hydrogens (primary N) is 1. The first-order valence-electron chi connectivity index (χ1n) is 6.27. The number of hydrogen-bond acceptors (Lipinski definition) is 4. The fourth-order valence-electron chi connectivity index (χ4n) is 1.83. The highest BCUT2D eigenvalue weighted by molar-refractivity contribution is 6.01. The molecule has 1 aromatic heterocycles. The summed E-state index contributed by atoms with van der Waals surface area (Å²) in [6.07, 6.45) is 2.70. The van der Waals surface area contributed by atoms with E-state index in [2.05, 4.69) is 29.4 Å². The summed E-state index contributed by atoms with van der Waals surface area (Å²) in [5.74, 6) is 0.388. The Bertz CT molecular complexity index is 588. The number of nitrogens with one attached hydrogen (secondary N) is 2.